The van der Waals surface area contributed by atoms with E-state index in [-0.39, 0.29) is 23.9 Å². The van der Waals surface area contributed by atoms with E-state index in [1.54, 1.807) is 23.2 Å². The number of nitrogens with zero attached hydrogens (tertiary/aromatic N) is 2. The van der Waals surface area contributed by atoms with E-state index in [4.69, 9.17) is 9.47 Å². The number of carbonyl (C=O) groups is 2. The van der Waals surface area contributed by atoms with Gasteiger partial charge in [-0.3, -0.25) is 4.98 Å². The van der Waals surface area contributed by atoms with Crippen molar-refractivity contribution in [2.75, 3.05) is 25.5 Å². The maximum Gasteiger partial charge on any atom is 0.410 e. The standard InChI is InChI=1S/C25H32FN3O4/c1-16-15-29(24(31)33-25(2,3)4)9-8-21(16)28-22-12-20(26)7-6-18(22)10-17-11-19(14-27-13-17)23(30)32-5/h6-7,11-14,16,21,28H,8-10,15H2,1-5H3. The van der Waals surface area contributed by atoms with Crippen LogP contribution in [0, 0.1) is 11.7 Å². The molecular formula is C25H32FN3O4. The van der Waals surface area contributed by atoms with Gasteiger partial charge in [0, 0.05) is 43.6 Å². The fourth-order valence-corrected chi connectivity index (χ4v) is 3.92. The van der Waals surface area contributed by atoms with Crippen LogP contribution in [0.2, 0.25) is 0 Å². The number of methoxy groups -OCH3 is 1. The van der Waals surface area contributed by atoms with Crippen molar-refractivity contribution in [2.24, 2.45) is 5.92 Å². The van der Waals surface area contributed by atoms with Gasteiger partial charge in [0.15, 0.2) is 0 Å². The van der Waals surface area contributed by atoms with Crippen LogP contribution >= 0.6 is 0 Å². The van der Waals surface area contributed by atoms with Crippen molar-refractivity contribution in [2.45, 2.75) is 52.2 Å². The topological polar surface area (TPSA) is 80.8 Å². The minimum absolute atomic E-state index is 0.0729. The Bertz CT molecular complexity index is 1010. The summed E-state index contributed by atoms with van der Waals surface area (Å²) in [4.78, 5) is 30.1. The molecule has 1 saturated heterocycles. The van der Waals surface area contributed by atoms with Crippen molar-refractivity contribution in [1.29, 1.82) is 0 Å². The highest BCUT2D eigenvalue weighted by Gasteiger charge is 2.31. The number of benzene rings is 1. The van der Waals surface area contributed by atoms with Crippen molar-refractivity contribution < 1.29 is 23.5 Å². The quantitative estimate of drug-likeness (QED) is 0.658. The minimum atomic E-state index is -0.536. The largest absolute Gasteiger partial charge is 0.465 e. The SMILES string of the molecule is COC(=O)c1cncc(Cc2ccc(F)cc2NC2CCN(C(=O)OC(C)(C)C)CC2C)c1. The molecule has 1 aliphatic rings. The zero-order valence-electron chi connectivity index (χ0n) is 19.9. The number of likely N-dealkylation sites (tertiary alicyclic amines) is 1. The molecule has 1 aromatic carbocycles. The van der Waals surface area contributed by atoms with Crippen LogP contribution in [0.4, 0.5) is 14.9 Å². The Morgan fingerprint density at radius 2 is 2.00 bits per heavy atom. The number of aromatic nitrogens is 1. The van der Waals surface area contributed by atoms with Crippen LogP contribution in [0.1, 0.15) is 55.6 Å². The van der Waals surface area contributed by atoms with Crippen LogP contribution in [0.15, 0.2) is 36.7 Å². The Kier molecular flexibility index (Phi) is 7.56. The Hall–Kier alpha value is -3.16. The van der Waals surface area contributed by atoms with E-state index < -0.39 is 11.6 Å². The highest BCUT2D eigenvalue weighted by atomic mass is 19.1. The van der Waals surface area contributed by atoms with Gasteiger partial charge in [0.05, 0.1) is 12.7 Å². The van der Waals surface area contributed by atoms with Gasteiger partial charge in [-0.25, -0.2) is 14.0 Å². The normalized spacial score (nSPS) is 18.5. The predicted molar refractivity (Wildman–Crippen MR) is 124 cm³/mol. The van der Waals surface area contributed by atoms with Gasteiger partial charge in [0.1, 0.15) is 11.4 Å². The summed E-state index contributed by atoms with van der Waals surface area (Å²) in [5.74, 6) is -0.638. The number of amides is 1. The minimum Gasteiger partial charge on any atom is -0.465 e. The first-order valence-electron chi connectivity index (χ1n) is 11.1. The highest BCUT2D eigenvalue weighted by Crippen LogP contribution is 2.27. The number of halogens is 1. The maximum atomic E-state index is 14.1. The Morgan fingerprint density at radius 3 is 2.67 bits per heavy atom. The lowest BCUT2D eigenvalue weighted by Crippen LogP contribution is -2.49. The molecule has 1 amide bonds. The van der Waals surface area contributed by atoms with Gasteiger partial charge in [0.2, 0.25) is 0 Å². The molecule has 7 nitrogen and oxygen atoms in total. The second kappa shape index (κ2) is 10.2. The number of carbonyl (C=O) groups excluding carboxylic acids is 2. The smallest absolute Gasteiger partial charge is 0.410 e. The van der Waals surface area contributed by atoms with E-state index in [9.17, 15) is 14.0 Å². The van der Waals surface area contributed by atoms with Crippen molar-refractivity contribution in [3.05, 3.63) is 59.2 Å². The number of rotatable bonds is 5. The lowest BCUT2D eigenvalue weighted by atomic mass is 9.93. The third kappa shape index (κ3) is 6.66. The maximum absolute atomic E-state index is 14.1. The first kappa shape index (κ1) is 24.5. The third-order valence-electron chi connectivity index (χ3n) is 5.58. The van der Waals surface area contributed by atoms with E-state index in [0.29, 0.717) is 30.8 Å². The first-order chi connectivity index (χ1) is 15.6. The Morgan fingerprint density at radius 1 is 1.24 bits per heavy atom. The third-order valence-corrected chi connectivity index (χ3v) is 5.58. The van der Waals surface area contributed by atoms with E-state index in [0.717, 1.165) is 17.5 Å². The molecule has 1 aliphatic heterocycles. The van der Waals surface area contributed by atoms with E-state index in [1.807, 2.05) is 20.8 Å². The molecule has 2 heterocycles. The van der Waals surface area contributed by atoms with Crippen LogP contribution in [0.3, 0.4) is 0 Å². The number of piperidine rings is 1. The fourth-order valence-electron chi connectivity index (χ4n) is 3.92. The molecule has 0 radical (unpaired) electrons. The van der Waals surface area contributed by atoms with Crippen LogP contribution in [-0.4, -0.2) is 53.8 Å². The molecule has 8 heteroatoms. The number of ether oxygens (including phenoxy) is 2. The second-order valence-corrected chi connectivity index (χ2v) is 9.49. The molecule has 0 saturated carbocycles. The van der Waals surface area contributed by atoms with Gasteiger partial charge in [0.25, 0.3) is 0 Å². The van der Waals surface area contributed by atoms with Crippen molar-refractivity contribution in [3.8, 4) is 0 Å². The van der Waals surface area contributed by atoms with Gasteiger partial charge < -0.3 is 19.7 Å². The van der Waals surface area contributed by atoms with Crippen molar-refractivity contribution in [1.82, 2.24) is 9.88 Å². The number of anilines is 1. The molecule has 178 valence electrons. The number of esters is 1. The van der Waals surface area contributed by atoms with E-state index in [2.05, 4.69) is 17.2 Å². The molecule has 2 aromatic rings. The molecule has 0 bridgehead atoms. The predicted octanol–water partition coefficient (Wildman–Crippen LogP) is 4.66. The average molecular weight is 458 g/mol. The highest BCUT2D eigenvalue weighted by molar-refractivity contribution is 5.89. The molecule has 0 aliphatic carbocycles. The van der Waals surface area contributed by atoms with Gasteiger partial charge in [-0.2, -0.15) is 0 Å². The second-order valence-electron chi connectivity index (χ2n) is 9.49. The average Bonchev–Trinajstić information content (AvgIpc) is 2.75. The van der Waals surface area contributed by atoms with Gasteiger partial charge in [-0.05, 0) is 62.4 Å². The number of hydrogen-bond acceptors (Lipinski definition) is 6. The first-order valence-corrected chi connectivity index (χ1v) is 11.1. The fraction of sp³-hybridized carbons (Fsp3) is 0.480. The summed E-state index contributed by atoms with van der Waals surface area (Å²) in [6.07, 6.45) is 4.03. The van der Waals surface area contributed by atoms with Gasteiger partial charge in [-0.15, -0.1) is 0 Å². The summed E-state index contributed by atoms with van der Waals surface area (Å²) in [7, 11) is 1.33. The summed E-state index contributed by atoms with van der Waals surface area (Å²) >= 11 is 0. The van der Waals surface area contributed by atoms with Crippen LogP contribution < -0.4 is 5.32 Å². The Balaban J connectivity index is 1.72. The number of hydrogen-bond donors (Lipinski definition) is 1. The van der Waals surface area contributed by atoms with Crippen LogP contribution in [0.5, 0.6) is 0 Å². The molecule has 3 rings (SSSR count). The molecule has 2 unspecified atom stereocenters. The lowest BCUT2D eigenvalue weighted by molar-refractivity contribution is 0.0164. The lowest BCUT2D eigenvalue weighted by Gasteiger charge is -2.38. The summed E-state index contributed by atoms with van der Waals surface area (Å²) in [5.41, 5.74) is 2.24. The number of pyridine rings is 1. The molecule has 0 spiro atoms. The number of nitrogens with one attached hydrogen (secondary N) is 1. The van der Waals surface area contributed by atoms with Gasteiger partial charge in [-0.1, -0.05) is 13.0 Å². The summed E-state index contributed by atoms with van der Waals surface area (Å²) < 4.78 is 24.4. The summed E-state index contributed by atoms with van der Waals surface area (Å²) in [5, 5.41) is 3.49. The van der Waals surface area contributed by atoms with Crippen molar-refractivity contribution in [3.63, 3.8) is 0 Å². The van der Waals surface area contributed by atoms with Crippen LogP contribution in [0.25, 0.3) is 0 Å². The molecular weight excluding hydrogens is 425 g/mol. The molecule has 33 heavy (non-hydrogen) atoms. The van der Waals surface area contributed by atoms with Crippen molar-refractivity contribution >= 4 is 17.7 Å². The Labute approximate surface area is 194 Å². The monoisotopic (exact) mass is 457 g/mol. The van der Waals surface area contributed by atoms with E-state index in [1.165, 1.54) is 25.4 Å². The molecule has 2 atom stereocenters. The zero-order chi connectivity index (χ0) is 24.2. The molecule has 1 aromatic heterocycles. The van der Waals surface area contributed by atoms with Crippen LogP contribution in [-0.2, 0) is 15.9 Å². The summed E-state index contributed by atoms with van der Waals surface area (Å²) in [6, 6.07) is 6.45. The molecule has 1 N–H and O–H groups in total. The van der Waals surface area contributed by atoms with Gasteiger partial charge >= 0.3 is 12.1 Å². The summed E-state index contributed by atoms with van der Waals surface area (Å²) in [6.45, 7) is 8.74. The molecule has 1 fully saturated rings. The van der Waals surface area contributed by atoms with E-state index >= 15 is 0 Å². The zero-order valence-corrected chi connectivity index (χ0v) is 19.9.